The summed E-state index contributed by atoms with van der Waals surface area (Å²) in [6, 6.07) is 8.07. The highest BCUT2D eigenvalue weighted by atomic mass is 35.5. The Bertz CT molecular complexity index is 744. The van der Waals surface area contributed by atoms with Crippen LogP contribution in [0.3, 0.4) is 0 Å². The van der Waals surface area contributed by atoms with Crippen molar-refractivity contribution in [1.29, 1.82) is 0 Å². The maximum atomic E-state index is 12.6. The number of methoxy groups -OCH3 is 1. The first kappa shape index (κ1) is 16.1. The number of nitrogen functional groups attached to an aromatic ring is 1. The fourth-order valence-electron chi connectivity index (χ4n) is 1.80. The van der Waals surface area contributed by atoms with Crippen LogP contribution in [-0.4, -0.2) is 26.9 Å². The molecule has 0 bridgehead atoms. The third-order valence-electron chi connectivity index (χ3n) is 2.88. The number of nitrogens with zero attached hydrogens (tertiary/aromatic N) is 1. The van der Waals surface area contributed by atoms with E-state index in [0.29, 0.717) is 10.0 Å². The predicted octanol–water partition coefficient (Wildman–Crippen LogP) is 2.81. The molecule has 0 radical (unpaired) electrons. The Morgan fingerprint density at radius 1 is 1.33 bits per heavy atom. The monoisotopic (exact) mass is 346 g/mol. The summed E-state index contributed by atoms with van der Waals surface area (Å²) in [4.78, 5) is 0.907. The van der Waals surface area contributed by atoms with Gasteiger partial charge in [0.05, 0.1) is 11.4 Å². The SMILES string of the molecule is COc1ccc(N)cc1S(=O)(=O)N(C)Cc1ccc(Cl)s1. The number of benzene rings is 1. The fourth-order valence-corrected chi connectivity index (χ4v) is 4.36. The van der Waals surface area contributed by atoms with Crippen LogP contribution < -0.4 is 10.5 Å². The molecule has 0 unspecified atom stereocenters. The van der Waals surface area contributed by atoms with E-state index >= 15 is 0 Å². The van der Waals surface area contributed by atoms with Crippen LogP contribution in [0.2, 0.25) is 4.34 Å². The minimum Gasteiger partial charge on any atom is -0.495 e. The van der Waals surface area contributed by atoms with Gasteiger partial charge in [-0.25, -0.2) is 8.42 Å². The smallest absolute Gasteiger partial charge is 0.246 e. The van der Waals surface area contributed by atoms with E-state index in [1.807, 2.05) is 0 Å². The summed E-state index contributed by atoms with van der Waals surface area (Å²) in [6.45, 7) is 0.234. The molecule has 0 aliphatic heterocycles. The average molecular weight is 347 g/mol. The van der Waals surface area contributed by atoms with E-state index in [9.17, 15) is 8.42 Å². The number of rotatable bonds is 5. The van der Waals surface area contributed by atoms with E-state index in [4.69, 9.17) is 22.1 Å². The first-order chi connectivity index (χ1) is 9.84. The predicted molar refractivity (Wildman–Crippen MR) is 85.4 cm³/mol. The molecule has 1 aromatic heterocycles. The first-order valence-electron chi connectivity index (χ1n) is 5.98. The molecule has 0 aliphatic carbocycles. The molecule has 0 spiro atoms. The number of nitrogens with two attached hydrogens (primary N) is 1. The van der Waals surface area contributed by atoms with E-state index in [2.05, 4.69) is 0 Å². The van der Waals surface area contributed by atoms with Gasteiger partial charge >= 0.3 is 0 Å². The molecule has 0 saturated heterocycles. The summed E-state index contributed by atoms with van der Waals surface area (Å²) in [7, 11) is -0.775. The van der Waals surface area contributed by atoms with E-state index in [-0.39, 0.29) is 17.2 Å². The van der Waals surface area contributed by atoms with Crippen molar-refractivity contribution < 1.29 is 13.2 Å². The van der Waals surface area contributed by atoms with Crippen LogP contribution in [0, 0.1) is 0 Å². The van der Waals surface area contributed by atoms with Crippen molar-refractivity contribution >= 4 is 38.6 Å². The Morgan fingerprint density at radius 3 is 2.62 bits per heavy atom. The zero-order valence-electron chi connectivity index (χ0n) is 11.5. The van der Waals surface area contributed by atoms with Gasteiger partial charge in [-0.2, -0.15) is 4.31 Å². The van der Waals surface area contributed by atoms with Gasteiger partial charge in [0, 0.05) is 24.2 Å². The highest BCUT2D eigenvalue weighted by Crippen LogP contribution is 2.30. The normalized spacial score (nSPS) is 11.8. The Labute approximate surface area is 133 Å². The summed E-state index contributed by atoms with van der Waals surface area (Å²) in [5.74, 6) is 0.264. The summed E-state index contributed by atoms with van der Waals surface area (Å²) in [6.07, 6.45) is 0. The summed E-state index contributed by atoms with van der Waals surface area (Å²) in [5, 5.41) is 0. The van der Waals surface area contributed by atoms with Crippen LogP contribution in [0.5, 0.6) is 5.75 Å². The zero-order valence-corrected chi connectivity index (χ0v) is 13.9. The summed E-state index contributed by atoms with van der Waals surface area (Å²) < 4.78 is 32.3. The Kier molecular flexibility index (Phi) is 4.77. The van der Waals surface area contributed by atoms with Crippen molar-refractivity contribution in [2.75, 3.05) is 19.9 Å². The van der Waals surface area contributed by atoms with E-state index < -0.39 is 10.0 Å². The van der Waals surface area contributed by atoms with Gasteiger partial charge in [0.2, 0.25) is 10.0 Å². The number of thiophene rings is 1. The number of sulfonamides is 1. The lowest BCUT2D eigenvalue weighted by molar-refractivity contribution is 0.398. The second kappa shape index (κ2) is 6.23. The molecule has 21 heavy (non-hydrogen) atoms. The second-order valence-corrected chi connectivity index (χ2v) is 8.19. The molecule has 8 heteroatoms. The molecular weight excluding hydrogens is 332 g/mol. The summed E-state index contributed by atoms with van der Waals surface area (Å²) in [5.41, 5.74) is 6.04. The number of hydrogen-bond acceptors (Lipinski definition) is 5. The van der Waals surface area contributed by atoms with Gasteiger partial charge in [0.15, 0.2) is 0 Å². The van der Waals surface area contributed by atoms with E-state index in [0.717, 1.165) is 4.88 Å². The lowest BCUT2D eigenvalue weighted by atomic mass is 10.3. The Hall–Kier alpha value is -1.28. The molecule has 0 amide bonds. The van der Waals surface area contributed by atoms with Crippen molar-refractivity contribution in [2.45, 2.75) is 11.4 Å². The molecular formula is C13H15ClN2O3S2. The Morgan fingerprint density at radius 2 is 2.05 bits per heavy atom. The molecule has 1 heterocycles. The number of halogens is 1. The lowest BCUT2D eigenvalue weighted by Gasteiger charge is -2.18. The third kappa shape index (κ3) is 3.49. The molecule has 2 N–H and O–H groups in total. The molecule has 0 aliphatic rings. The van der Waals surface area contributed by atoms with Gasteiger partial charge in [-0.15, -0.1) is 11.3 Å². The molecule has 0 atom stereocenters. The topological polar surface area (TPSA) is 72.6 Å². The minimum absolute atomic E-state index is 0.0511. The van der Waals surface area contributed by atoms with E-state index in [1.165, 1.54) is 41.9 Å². The van der Waals surface area contributed by atoms with Crippen molar-refractivity contribution in [1.82, 2.24) is 4.31 Å². The zero-order chi connectivity index (χ0) is 15.6. The van der Waals surface area contributed by atoms with Crippen LogP contribution in [-0.2, 0) is 16.6 Å². The number of anilines is 1. The fraction of sp³-hybridized carbons (Fsp3) is 0.231. The van der Waals surface area contributed by atoms with Crippen LogP contribution in [0.4, 0.5) is 5.69 Å². The van der Waals surface area contributed by atoms with E-state index in [1.54, 1.807) is 18.2 Å². The van der Waals surface area contributed by atoms with Crippen molar-refractivity contribution in [2.24, 2.45) is 0 Å². The van der Waals surface area contributed by atoms with Crippen molar-refractivity contribution in [3.63, 3.8) is 0 Å². The standard InChI is InChI=1S/C13H15ClN2O3S2/c1-16(8-10-4-6-13(14)20-10)21(17,18)12-7-9(15)3-5-11(12)19-2/h3-7H,8,15H2,1-2H3. The molecule has 0 saturated carbocycles. The molecule has 1 aromatic carbocycles. The minimum atomic E-state index is -3.70. The van der Waals surface area contributed by atoms with Gasteiger partial charge in [-0.1, -0.05) is 11.6 Å². The molecule has 5 nitrogen and oxygen atoms in total. The molecule has 2 rings (SSSR count). The lowest BCUT2D eigenvalue weighted by Crippen LogP contribution is -2.26. The molecule has 0 fully saturated rings. The van der Waals surface area contributed by atoms with Gasteiger partial charge in [0.25, 0.3) is 0 Å². The molecule has 114 valence electrons. The van der Waals surface area contributed by atoms with Crippen molar-refractivity contribution in [3.8, 4) is 5.75 Å². The highest BCUT2D eigenvalue weighted by Gasteiger charge is 2.25. The largest absolute Gasteiger partial charge is 0.495 e. The van der Waals surface area contributed by atoms with Crippen LogP contribution in [0.1, 0.15) is 4.88 Å². The number of ether oxygens (including phenoxy) is 1. The van der Waals surface area contributed by atoms with Crippen LogP contribution >= 0.6 is 22.9 Å². The average Bonchev–Trinajstić information content (AvgIpc) is 2.84. The summed E-state index contributed by atoms with van der Waals surface area (Å²) >= 11 is 7.20. The van der Waals surface area contributed by atoms with Gasteiger partial charge in [-0.3, -0.25) is 0 Å². The maximum absolute atomic E-state index is 12.6. The first-order valence-corrected chi connectivity index (χ1v) is 8.62. The van der Waals surface area contributed by atoms with Crippen LogP contribution in [0.15, 0.2) is 35.2 Å². The third-order valence-corrected chi connectivity index (χ3v) is 5.92. The second-order valence-electron chi connectivity index (χ2n) is 4.38. The van der Waals surface area contributed by atoms with Gasteiger partial charge in [0.1, 0.15) is 10.6 Å². The van der Waals surface area contributed by atoms with Crippen molar-refractivity contribution in [3.05, 3.63) is 39.5 Å². The molecule has 2 aromatic rings. The maximum Gasteiger partial charge on any atom is 0.246 e. The Balaban J connectivity index is 2.35. The highest BCUT2D eigenvalue weighted by molar-refractivity contribution is 7.89. The quantitative estimate of drug-likeness (QED) is 0.845. The van der Waals surface area contributed by atoms with Gasteiger partial charge < -0.3 is 10.5 Å². The van der Waals surface area contributed by atoms with Gasteiger partial charge in [-0.05, 0) is 30.3 Å². The van der Waals surface area contributed by atoms with Crippen LogP contribution in [0.25, 0.3) is 0 Å². The number of hydrogen-bond donors (Lipinski definition) is 1.